The fourth-order valence-corrected chi connectivity index (χ4v) is 6.91. The number of halogens is 2. The van der Waals surface area contributed by atoms with Gasteiger partial charge < -0.3 is 9.47 Å². The SMILES string of the molecule is COc1ccc(C(=O)C(C)OC(=O)c2cc(-c3ccc(N4C(=O)C5CCCCC5C4=O)cc3)nc3c(C)c(Cl)c(Br)cc23)cc1. The van der Waals surface area contributed by atoms with Crippen LogP contribution in [0.5, 0.6) is 5.75 Å². The van der Waals surface area contributed by atoms with Crippen LogP contribution in [0.4, 0.5) is 5.69 Å². The summed E-state index contributed by atoms with van der Waals surface area (Å²) in [5, 5.41) is 0.964. The van der Waals surface area contributed by atoms with Gasteiger partial charge in [0.25, 0.3) is 0 Å². The summed E-state index contributed by atoms with van der Waals surface area (Å²) in [4.78, 5) is 59.1. The summed E-state index contributed by atoms with van der Waals surface area (Å²) in [7, 11) is 1.54. The maximum absolute atomic E-state index is 13.7. The molecule has 0 N–H and O–H groups in total. The smallest absolute Gasteiger partial charge is 0.339 e. The number of ether oxygens (including phenoxy) is 2. The molecule has 2 fully saturated rings. The zero-order chi connectivity index (χ0) is 32.0. The predicted octanol–water partition coefficient (Wildman–Crippen LogP) is 7.74. The van der Waals surface area contributed by atoms with E-state index in [-0.39, 0.29) is 35.0 Å². The Kier molecular flexibility index (Phi) is 8.50. The lowest BCUT2D eigenvalue weighted by molar-refractivity contribution is -0.122. The van der Waals surface area contributed by atoms with Gasteiger partial charge in [0, 0.05) is 21.0 Å². The third-order valence-electron chi connectivity index (χ3n) is 8.73. The minimum Gasteiger partial charge on any atom is -0.497 e. The molecule has 0 spiro atoms. The summed E-state index contributed by atoms with van der Waals surface area (Å²) in [6.07, 6.45) is 2.34. The Morgan fingerprint density at radius 2 is 1.60 bits per heavy atom. The standard InChI is InChI=1S/C35H30BrClN2O6/c1-18-30(37)28(36)16-26-27(35(43)45-19(2)32(40)21-10-14-23(44-3)15-11-21)17-29(38-31(18)26)20-8-12-22(13-9-20)39-33(41)24-6-4-5-7-25(24)34(39)42/h8-17,19,24-25H,4-7H2,1-3H3. The number of anilines is 1. The van der Waals surface area contributed by atoms with Gasteiger partial charge in [-0.15, -0.1) is 0 Å². The van der Waals surface area contributed by atoms with E-state index in [0.29, 0.717) is 54.2 Å². The van der Waals surface area contributed by atoms with Crippen molar-refractivity contribution in [2.24, 2.45) is 11.8 Å². The summed E-state index contributed by atoms with van der Waals surface area (Å²) in [6, 6.07) is 16.9. The van der Waals surface area contributed by atoms with Crippen LogP contribution in [-0.4, -0.2) is 41.8 Å². The average molecular weight is 690 g/mol. The first-order chi connectivity index (χ1) is 21.6. The van der Waals surface area contributed by atoms with Gasteiger partial charge >= 0.3 is 5.97 Å². The summed E-state index contributed by atoms with van der Waals surface area (Å²) in [5.74, 6) is -1.21. The van der Waals surface area contributed by atoms with Crippen molar-refractivity contribution in [3.05, 3.63) is 86.8 Å². The van der Waals surface area contributed by atoms with Crippen molar-refractivity contribution in [3.63, 3.8) is 0 Å². The molecule has 3 atom stereocenters. The average Bonchev–Trinajstić information content (AvgIpc) is 3.32. The van der Waals surface area contributed by atoms with Gasteiger partial charge in [0.1, 0.15) is 5.75 Å². The maximum atomic E-state index is 13.7. The molecule has 1 saturated heterocycles. The maximum Gasteiger partial charge on any atom is 0.339 e. The molecule has 1 aliphatic heterocycles. The number of carbonyl (C=O) groups is 4. The molecular weight excluding hydrogens is 660 g/mol. The van der Waals surface area contributed by atoms with Crippen LogP contribution in [0.1, 0.15) is 58.9 Å². The number of pyridine rings is 1. The fourth-order valence-electron chi connectivity index (χ4n) is 6.24. The lowest BCUT2D eigenvalue weighted by Crippen LogP contribution is -2.30. The fraction of sp³-hybridized carbons (Fsp3) is 0.286. The van der Waals surface area contributed by atoms with E-state index in [0.717, 1.165) is 25.7 Å². The Labute approximate surface area is 273 Å². The van der Waals surface area contributed by atoms with Gasteiger partial charge in [-0.1, -0.05) is 36.6 Å². The second-order valence-electron chi connectivity index (χ2n) is 11.4. The van der Waals surface area contributed by atoms with Crippen LogP contribution in [0, 0.1) is 18.8 Å². The lowest BCUT2D eigenvalue weighted by Gasteiger charge is -2.19. The number of fused-ring (bicyclic) bond motifs is 2. The molecule has 1 saturated carbocycles. The van der Waals surface area contributed by atoms with Gasteiger partial charge in [-0.25, -0.2) is 9.78 Å². The molecule has 2 aliphatic rings. The highest BCUT2D eigenvalue weighted by atomic mass is 79.9. The number of aryl methyl sites for hydroxylation is 1. The molecule has 4 aromatic rings. The van der Waals surface area contributed by atoms with E-state index in [1.165, 1.54) is 18.9 Å². The van der Waals surface area contributed by atoms with Crippen molar-refractivity contribution in [1.82, 2.24) is 4.98 Å². The lowest BCUT2D eigenvalue weighted by atomic mass is 9.81. The number of methoxy groups -OCH3 is 1. The highest BCUT2D eigenvalue weighted by molar-refractivity contribution is 9.10. The Hall–Kier alpha value is -4.08. The topological polar surface area (TPSA) is 103 Å². The Bertz CT molecular complexity index is 1830. The first-order valence-electron chi connectivity index (χ1n) is 14.8. The largest absolute Gasteiger partial charge is 0.497 e. The highest BCUT2D eigenvalue weighted by Crippen LogP contribution is 2.41. The summed E-state index contributed by atoms with van der Waals surface area (Å²) < 4.78 is 11.4. The molecule has 3 unspecified atom stereocenters. The van der Waals surface area contributed by atoms with Crippen LogP contribution >= 0.6 is 27.5 Å². The molecule has 3 aromatic carbocycles. The van der Waals surface area contributed by atoms with Gasteiger partial charge in [-0.05, 0) is 96.7 Å². The molecule has 2 amide bonds. The van der Waals surface area contributed by atoms with Gasteiger partial charge in [0.05, 0.1) is 46.4 Å². The van der Waals surface area contributed by atoms with Crippen LogP contribution in [0.2, 0.25) is 5.02 Å². The van der Waals surface area contributed by atoms with Crippen molar-refractivity contribution >= 4 is 67.7 Å². The zero-order valence-corrected chi connectivity index (χ0v) is 27.3. The molecule has 8 nitrogen and oxygen atoms in total. The van der Waals surface area contributed by atoms with Crippen molar-refractivity contribution in [2.45, 2.75) is 45.6 Å². The van der Waals surface area contributed by atoms with Crippen molar-refractivity contribution in [3.8, 4) is 17.0 Å². The summed E-state index contributed by atoms with van der Waals surface area (Å²) in [5.41, 5.74) is 3.39. The van der Waals surface area contributed by atoms with E-state index in [2.05, 4.69) is 15.9 Å². The van der Waals surface area contributed by atoms with Crippen LogP contribution < -0.4 is 9.64 Å². The third kappa shape index (κ3) is 5.64. The Balaban J connectivity index is 1.33. The van der Waals surface area contributed by atoms with Crippen molar-refractivity contribution < 1.29 is 28.7 Å². The second kappa shape index (κ2) is 12.4. The molecule has 45 heavy (non-hydrogen) atoms. The van der Waals surface area contributed by atoms with Crippen molar-refractivity contribution in [1.29, 1.82) is 0 Å². The highest BCUT2D eigenvalue weighted by Gasteiger charge is 2.48. The number of carbonyl (C=O) groups excluding carboxylic acids is 4. The summed E-state index contributed by atoms with van der Waals surface area (Å²) in [6.45, 7) is 3.34. The summed E-state index contributed by atoms with van der Waals surface area (Å²) >= 11 is 10.0. The number of ketones is 1. The number of hydrogen-bond donors (Lipinski definition) is 0. The molecule has 10 heteroatoms. The molecule has 230 valence electrons. The van der Waals surface area contributed by atoms with Gasteiger partial charge in [0.15, 0.2) is 6.10 Å². The normalized spacial score (nSPS) is 18.6. The van der Waals surface area contributed by atoms with Crippen LogP contribution in [0.3, 0.4) is 0 Å². The quantitative estimate of drug-likeness (QED) is 0.111. The molecule has 1 aromatic heterocycles. The van der Waals surface area contributed by atoms with E-state index < -0.39 is 12.1 Å². The van der Waals surface area contributed by atoms with E-state index >= 15 is 0 Å². The van der Waals surface area contributed by atoms with Gasteiger partial charge in [-0.3, -0.25) is 19.3 Å². The number of rotatable bonds is 7. The van der Waals surface area contributed by atoms with Crippen LogP contribution in [0.25, 0.3) is 22.2 Å². The second-order valence-corrected chi connectivity index (χ2v) is 12.7. The molecular formula is C35H30BrClN2O6. The van der Waals surface area contributed by atoms with E-state index in [1.807, 2.05) is 6.92 Å². The first kappa shape index (κ1) is 30.9. The Morgan fingerprint density at radius 1 is 0.978 bits per heavy atom. The number of hydrogen-bond acceptors (Lipinski definition) is 7. The number of imide groups is 1. The number of Topliss-reactive ketones (excluding diaryl/α,β-unsaturated/α-hetero) is 1. The number of amides is 2. The molecule has 6 rings (SSSR count). The zero-order valence-electron chi connectivity index (χ0n) is 24.9. The predicted molar refractivity (Wildman–Crippen MR) is 175 cm³/mol. The molecule has 2 heterocycles. The monoisotopic (exact) mass is 688 g/mol. The van der Waals surface area contributed by atoms with E-state index in [9.17, 15) is 19.2 Å². The number of nitrogens with zero attached hydrogens (tertiary/aromatic N) is 2. The van der Waals surface area contributed by atoms with E-state index in [4.69, 9.17) is 26.1 Å². The number of benzene rings is 3. The minimum atomic E-state index is -1.06. The Morgan fingerprint density at radius 3 is 2.20 bits per heavy atom. The molecule has 1 aliphatic carbocycles. The van der Waals surface area contributed by atoms with Crippen molar-refractivity contribution in [2.75, 3.05) is 12.0 Å². The van der Waals surface area contributed by atoms with Crippen LogP contribution in [-0.2, 0) is 14.3 Å². The number of aromatic nitrogens is 1. The van der Waals surface area contributed by atoms with Gasteiger partial charge in [-0.2, -0.15) is 0 Å². The van der Waals surface area contributed by atoms with Gasteiger partial charge in [0.2, 0.25) is 17.6 Å². The van der Waals surface area contributed by atoms with E-state index in [1.54, 1.807) is 60.7 Å². The first-order valence-corrected chi connectivity index (χ1v) is 15.9. The third-order valence-corrected chi connectivity index (χ3v) is 10.1. The molecule has 0 radical (unpaired) electrons. The van der Waals surface area contributed by atoms with Crippen LogP contribution in [0.15, 0.2) is 65.1 Å². The molecule has 0 bridgehead atoms. The number of esters is 1. The minimum absolute atomic E-state index is 0.138.